The lowest BCUT2D eigenvalue weighted by Crippen LogP contribution is -2.62. The van der Waals surface area contributed by atoms with Crippen LogP contribution in [-0.2, 0) is 0 Å². The summed E-state index contributed by atoms with van der Waals surface area (Å²) in [6.07, 6.45) is 1.81. The molecule has 2 heterocycles. The number of aromatic nitrogens is 1. The number of nitrogens with one attached hydrogen (secondary N) is 3. The lowest BCUT2D eigenvalue weighted by Gasteiger charge is -2.46. The molecule has 3 rings (SSSR count). The summed E-state index contributed by atoms with van der Waals surface area (Å²) in [7, 11) is 0. The van der Waals surface area contributed by atoms with Crippen molar-refractivity contribution in [2.45, 2.75) is 57.7 Å². The molecule has 1 aromatic heterocycles. The minimum absolute atomic E-state index is 0.00343. The van der Waals surface area contributed by atoms with Gasteiger partial charge in [-0.3, -0.25) is 4.79 Å². The summed E-state index contributed by atoms with van der Waals surface area (Å²) in [6, 6.07) is 7.66. The smallest absolute Gasteiger partial charge is 0.267 e. The Morgan fingerprint density at radius 2 is 1.87 bits per heavy atom. The number of aromatic amines is 1. The van der Waals surface area contributed by atoms with Crippen molar-refractivity contribution in [3.8, 4) is 0 Å². The number of carbonyl (C=O) groups excluding carboxylic acids is 1. The van der Waals surface area contributed by atoms with Crippen LogP contribution in [0.1, 0.15) is 51.0 Å². The van der Waals surface area contributed by atoms with Gasteiger partial charge in [-0.1, -0.05) is 23.7 Å². The predicted octanol–water partition coefficient (Wildman–Crippen LogP) is 3.86. The number of rotatable bonds is 2. The second-order valence-electron chi connectivity index (χ2n) is 7.86. The molecule has 1 fully saturated rings. The average Bonchev–Trinajstić information content (AvgIpc) is 2.80. The molecule has 3 N–H and O–H groups in total. The highest BCUT2D eigenvalue weighted by molar-refractivity contribution is 6.35. The molecular weight excluding hydrogens is 310 g/mol. The molecule has 1 aliphatic heterocycles. The third kappa shape index (κ3) is 3.54. The van der Waals surface area contributed by atoms with Crippen LogP contribution in [0.4, 0.5) is 0 Å². The summed E-state index contributed by atoms with van der Waals surface area (Å²) in [5.74, 6) is -0.0734. The Morgan fingerprint density at radius 1 is 1.22 bits per heavy atom. The Morgan fingerprint density at radius 3 is 2.48 bits per heavy atom. The fourth-order valence-electron chi connectivity index (χ4n) is 3.93. The minimum Gasteiger partial charge on any atom is -0.349 e. The minimum atomic E-state index is -0.0734. The maximum absolute atomic E-state index is 12.6. The van der Waals surface area contributed by atoms with Gasteiger partial charge >= 0.3 is 0 Å². The van der Waals surface area contributed by atoms with E-state index in [0.29, 0.717) is 10.7 Å². The quantitative estimate of drug-likeness (QED) is 0.781. The van der Waals surface area contributed by atoms with Crippen LogP contribution in [-0.4, -0.2) is 28.0 Å². The largest absolute Gasteiger partial charge is 0.349 e. The standard InChI is InChI=1S/C18H24ClN3O/c1-17(2)9-12(10-18(3,4)22-17)20-16(23)14-8-11-6-5-7-13(19)15(11)21-14/h5-8,12,21-22H,9-10H2,1-4H3,(H,20,23). The van der Waals surface area contributed by atoms with E-state index in [2.05, 4.69) is 43.3 Å². The van der Waals surface area contributed by atoms with Gasteiger partial charge < -0.3 is 15.6 Å². The van der Waals surface area contributed by atoms with E-state index in [1.807, 2.05) is 24.3 Å². The molecule has 1 aliphatic rings. The van der Waals surface area contributed by atoms with Crippen LogP contribution in [0.5, 0.6) is 0 Å². The Bertz CT molecular complexity index is 732. The molecule has 0 saturated carbocycles. The Labute approximate surface area is 142 Å². The SMILES string of the molecule is CC1(C)CC(NC(=O)c2cc3cccc(Cl)c3[nH]2)CC(C)(C)N1. The molecule has 4 nitrogen and oxygen atoms in total. The van der Waals surface area contributed by atoms with Gasteiger partial charge in [0.15, 0.2) is 0 Å². The van der Waals surface area contributed by atoms with Crippen molar-refractivity contribution >= 4 is 28.4 Å². The van der Waals surface area contributed by atoms with Crippen LogP contribution in [0.2, 0.25) is 5.02 Å². The molecule has 1 aromatic carbocycles. The first-order chi connectivity index (χ1) is 10.7. The summed E-state index contributed by atoms with van der Waals surface area (Å²) in [4.78, 5) is 15.7. The summed E-state index contributed by atoms with van der Waals surface area (Å²) >= 11 is 6.17. The van der Waals surface area contributed by atoms with Crippen LogP contribution in [0, 0.1) is 0 Å². The van der Waals surface area contributed by atoms with Gasteiger partial charge in [-0.2, -0.15) is 0 Å². The fourth-order valence-corrected chi connectivity index (χ4v) is 4.16. The zero-order chi connectivity index (χ0) is 16.8. The van der Waals surface area contributed by atoms with E-state index in [1.54, 1.807) is 0 Å². The van der Waals surface area contributed by atoms with Gasteiger partial charge in [0, 0.05) is 22.5 Å². The Kier molecular flexibility index (Phi) is 3.93. The van der Waals surface area contributed by atoms with Crippen LogP contribution < -0.4 is 10.6 Å². The number of fused-ring (bicyclic) bond motifs is 1. The Hall–Kier alpha value is -1.52. The fraction of sp³-hybridized carbons (Fsp3) is 0.500. The zero-order valence-electron chi connectivity index (χ0n) is 14.1. The lowest BCUT2D eigenvalue weighted by molar-refractivity contribution is 0.0869. The number of piperidine rings is 1. The molecule has 1 saturated heterocycles. The topological polar surface area (TPSA) is 56.9 Å². The number of hydrogen-bond donors (Lipinski definition) is 3. The number of hydrogen-bond acceptors (Lipinski definition) is 2. The molecule has 23 heavy (non-hydrogen) atoms. The van der Waals surface area contributed by atoms with Gasteiger partial charge in [-0.15, -0.1) is 0 Å². The lowest BCUT2D eigenvalue weighted by atomic mass is 9.79. The van der Waals surface area contributed by atoms with E-state index in [4.69, 9.17) is 11.6 Å². The highest BCUT2D eigenvalue weighted by atomic mass is 35.5. The van der Waals surface area contributed by atoms with Crippen LogP contribution in [0.3, 0.4) is 0 Å². The molecule has 2 aromatic rings. The van der Waals surface area contributed by atoms with E-state index < -0.39 is 0 Å². The third-order valence-electron chi connectivity index (χ3n) is 4.38. The summed E-state index contributed by atoms with van der Waals surface area (Å²) in [5, 5.41) is 8.38. The van der Waals surface area contributed by atoms with E-state index in [9.17, 15) is 4.79 Å². The highest BCUT2D eigenvalue weighted by Gasteiger charge is 2.38. The van der Waals surface area contributed by atoms with E-state index in [1.165, 1.54) is 0 Å². The number of carbonyl (C=O) groups is 1. The first-order valence-electron chi connectivity index (χ1n) is 8.03. The molecule has 0 atom stereocenters. The molecule has 5 heteroatoms. The van der Waals surface area contributed by atoms with Gasteiger partial charge in [0.2, 0.25) is 0 Å². The number of H-pyrrole nitrogens is 1. The molecule has 0 spiro atoms. The van der Waals surface area contributed by atoms with Gasteiger partial charge in [-0.25, -0.2) is 0 Å². The van der Waals surface area contributed by atoms with Gasteiger partial charge in [0.05, 0.1) is 10.5 Å². The summed E-state index contributed by atoms with van der Waals surface area (Å²) in [5.41, 5.74) is 1.37. The maximum atomic E-state index is 12.6. The molecule has 0 radical (unpaired) electrons. The van der Waals surface area contributed by atoms with E-state index in [-0.39, 0.29) is 23.0 Å². The summed E-state index contributed by atoms with van der Waals surface area (Å²) < 4.78 is 0. The molecule has 0 aliphatic carbocycles. The monoisotopic (exact) mass is 333 g/mol. The van der Waals surface area contributed by atoms with Crippen LogP contribution in [0.25, 0.3) is 10.9 Å². The first-order valence-corrected chi connectivity index (χ1v) is 8.40. The van der Waals surface area contributed by atoms with Gasteiger partial charge in [0.25, 0.3) is 5.91 Å². The maximum Gasteiger partial charge on any atom is 0.267 e. The Balaban J connectivity index is 1.79. The first kappa shape index (κ1) is 16.3. The van der Waals surface area contributed by atoms with Crippen molar-refractivity contribution in [1.29, 1.82) is 0 Å². The van der Waals surface area contributed by atoms with Gasteiger partial charge in [-0.05, 0) is 52.7 Å². The van der Waals surface area contributed by atoms with Crippen molar-refractivity contribution in [2.24, 2.45) is 0 Å². The number of para-hydroxylation sites is 1. The van der Waals surface area contributed by atoms with Crippen molar-refractivity contribution in [3.63, 3.8) is 0 Å². The molecule has 0 unspecified atom stereocenters. The van der Waals surface area contributed by atoms with Crippen molar-refractivity contribution in [1.82, 2.24) is 15.6 Å². The van der Waals surface area contributed by atoms with E-state index >= 15 is 0 Å². The van der Waals surface area contributed by atoms with Crippen molar-refractivity contribution in [2.75, 3.05) is 0 Å². The average molecular weight is 334 g/mol. The molecular formula is C18H24ClN3O. The van der Waals surface area contributed by atoms with Crippen LogP contribution in [0.15, 0.2) is 24.3 Å². The van der Waals surface area contributed by atoms with Crippen molar-refractivity contribution in [3.05, 3.63) is 35.0 Å². The molecule has 0 bridgehead atoms. The molecule has 1 amide bonds. The van der Waals surface area contributed by atoms with Crippen molar-refractivity contribution < 1.29 is 4.79 Å². The normalized spacial score (nSPS) is 20.6. The zero-order valence-corrected chi connectivity index (χ0v) is 14.8. The third-order valence-corrected chi connectivity index (χ3v) is 4.69. The number of halogens is 1. The summed E-state index contributed by atoms with van der Waals surface area (Å²) in [6.45, 7) is 8.71. The van der Waals surface area contributed by atoms with Crippen LogP contribution >= 0.6 is 11.6 Å². The second kappa shape index (κ2) is 5.53. The highest BCUT2D eigenvalue weighted by Crippen LogP contribution is 2.29. The predicted molar refractivity (Wildman–Crippen MR) is 95.1 cm³/mol. The van der Waals surface area contributed by atoms with Gasteiger partial charge in [0.1, 0.15) is 5.69 Å². The molecule has 124 valence electrons. The second-order valence-corrected chi connectivity index (χ2v) is 8.27. The number of benzene rings is 1. The van der Waals surface area contributed by atoms with E-state index in [0.717, 1.165) is 23.7 Å². The number of amides is 1.